The van der Waals surface area contributed by atoms with E-state index in [1.165, 1.54) is 7.11 Å². The van der Waals surface area contributed by atoms with Crippen LogP contribution >= 0.6 is 0 Å². The summed E-state index contributed by atoms with van der Waals surface area (Å²) in [5.41, 5.74) is 3.58. The lowest BCUT2D eigenvalue weighted by Gasteiger charge is -2.24. The van der Waals surface area contributed by atoms with Crippen LogP contribution in [0.4, 0.5) is 5.69 Å². The highest BCUT2D eigenvalue weighted by molar-refractivity contribution is 5.97. The maximum atomic E-state index is 11.6. The number of benzene rings is 1. The summed E-state index contributed by atoms with van der Waals surface area (Å²) in [6.07, 6.45) is 1.89. The number of nitrogens with zero attached hydrogens (tertiary/aromatic N) is 2. The number of nitro groups is 1. The molecule has 0 bridgehead atoms. The first-order chi connectivity index (χ1) is 10.5. The summed E-state index contributed by atoms with van der Waals surface area (Å²) in [6.45, 7) is 4.64. The van der Waals surface area contributed by atoms with E-state index in [9.17, 15) is 15.2 Å². The summed E-state index contributed by atoms with van der Waals surface area (Å²) in [7, 11) is 1.46. The molecule has 0 spiro atoms. The Morgan fingerprint density at radius 1 is 1.50 bits per heavy atom. The van der Waals surface area contributed by atoms with Crippen LogP contribution in [0.5, 0.6) is 5.75 Å². The van der Waals surface area contributed by atoms with Crippen molar-refractivity contribution in [3.05, 3.63) is 33.0 Å². The van der Waals surface area contributed by atoms with Crippen LogP contribution in [0.3, 0.4) is 0 Å². The molecule has 2 heterocycles. The maximum Gasteiger partial charge on any atom is 0.320 e. The van der Waals surface area contributed by atoms with Crippen LogP contribution in [0, 0.1) is 24.0 Å². The van der Waals surface area contributed by atoms with Crippen LogP contribution in [0.2, 0.25) is 0 Å². The first kappa shape index (κ1) is 14.8. The van der Waals surface area contributed by atoms with Crippen molar-refractivity contribution < 1.29 is 14.8 Å². The molecule has 118 valence electrons. The number of methoxy groups -OCH3 is 1. The van der Waals surface area contributed by atoms with Crippen molar-refractivity contribution in [2.75, 3.05) is 13.7 Å². The number of hydrogen-bond donors (Lipinski definition) is 1. The number of aryl methyl sites for hydroxylation is 3. The summed E-state index contributed by atoms with van der Waals surface area (Å²) < 4.78 is 7.42. The van der Waals surface area contributed by atoms with E-state index in [0.29, 0.717) is 11.1 Å². The molecule has 1 atom stereocenters. The topological polar surface area (TPSA) is 77.5 Å². The number of aliphatic hydroxyl groups excluding tert-OH is 1. The minimum atomic E-state index is -0.360. The molecule has 1 unspecified atom stereocenters. The molecule has 6 heteroatoms. The summed E-state index contributed by atoms with van der Waals surface area (Å²) in [4.78, 5) is 11.3. The van der Waals surface area contributed by atoms with Gasteiger partial charge in [-0.3, -0.25) is 10.1 Å². The Balaban J connectivity index is 2.46. The van der Waals surface area contributed by atoms with Crippen LogP contribution < -0.4 is 4.74 Å². The zero-order chi connectivity index (χ0) is 16.0. The molecule has 1 N–H and O–H groups in total. The van der Waals surface area contributed by atoms with E-state index in [0.717, 1.165) is 41.7 Å². The SMILES string of the molecule is COc1c(C)cc2c(c(C)c3n2CCCC3CO)c1[N+](=O)[O-]. The van der Waals surface area contributed by atoms with Crippen molar-refractivity contribution in [3.63, 3.8) is 0 Å². The molecular formula is C16H20N2O4. The van der Waals surface area contributed by atoms with E-state index in [2.05, 4.69) is 4.57 Å². The second-order valence-corrected chi connectivity index (χ2v) is 5.91. The van der Waals surface area contributed by atoms with Gasteiger partial charge in [-0.1, -0.05) is 0 Å². The van der Waals surface area contributed by atoms with Gasteiger partial charge in [-0.2, -0.15) is 0 Å². The summed E-state index contributed by atoms with van der Waals surface area (Å²) >= 11 is 0. The molecule has 0 saturated carbocycles. The van der Waals surface area contributed by atoms with Gasteiger partial charge in [0, 0.05) is 23.7 Å². The molecule has 1 aliphatic rings. The average molecular weight is 304 g/mol. The normalized spacial score (nSPS) is 17.5. The van der Waals surface area contributed by atoms with Crippen molar-refractivity contribution in [2.24, 2.45) is 0 Å². The molecular weight excluding hydrogens is 284 g/mol. The smallest absolute Gasteiger partial charge is 0.320 e. The molecule has 1 aliphatic heterocycles. The molecule has 6 nitrogen and oxygen atoms in total. The van der Waals surface area contributed by atoms with E-state index in [4.69, 9.17) is 4.74 Å². The Hall–Kier alpha value is -2.08. The monoisotopic (exact) mass is 304 g/mol. The first-order valence-corrected chi connectivity index (χ1v) is 7.46. The van der Waals surface area contributed by atoms with E-state index in [-0.39, 0.29) is 23.1 Å². The number of ether oxygens (including phenoxy) is 1. The zero-order valence-corrected chi connectivity index (χ0v) is 13.0. The van der Waals surface area contributed by atoms with E-state index < -0.39 is 0 Å². The summed E-state index contributed by atoms with van der Waals surface area (Å²) in [5, 5.41) is 21.9. The number of aromatic nitrogens is 1. The molecule has 2 aromatic rings. The van der Waals surface area contributed by atoms with Gasteiger partial charge in [-0.25, -0.2) is 0 Å². The fraction of sp³-hybridized carbons (Fsp3) is 0.500. The lowest BCUT2D eigenvalue weighted by atomic mass is 9.94. The number of aliphatic hydroxyl groups is 1. The number of hydrogen-bond acceptors (Lipinski definition) is 4. The van der Waals surface area contributed by atoms with Gasteiger partial charge < -0.3 is 14.4 Å². The van der Waals surface area contributed by atoms with Crippen LogP contribution in [-0.2, 0) is 6.54 Å². The fourth-order valence-corrected chi connectivity index (χ4v) is 3.82. The molecule has 3 rings (SSSR count). The summed E-state index contributed by atoms with van der Waals surface area (Å²) in [6, 6.07) is 1.96. The Bertz CT molecular complexity index is 764. The van der Waals surface area contributed by atoms with Crippen molar-refractivity contribution >= 4 is 16.6 Å². The van der Waals surface area contributed by atoms with E-state index in [1.807, 2.05) is 19.9 Å². The van der Waals surface area contributed by atoms with Crippen molar-refractivity contribution in [1.29, 1.82) is 0 Å². The molecule has 1 aromatic carbocycles. The molecule has 1 aromatic heterocycles. The highest BCUT2D eigenvalue weighted by Gasteiger charge is 2.32. The molecule has 22 heavy (non-hydrogen) atoms. The van der Waals surface area contributed by atoms with Gasteiger partial charge in [0.2, 0.25) is 5.75 Å². The van der Waals surface area contributed by atoms with Gasteiger partial charge in [-0.15, -0.1) is 0 Å². The molecule has 0 fully saturated rings. The molecule has 0 saturated heterocycles. The van der Waals surface area contributed by atoms with Crippen molar-refractivity contribution in [3.8, 4) is 5.75 Å². The van der Waals surface area contributed by atoms with Gasteiger partial charge in [0.1, 0.15) is 0 Å². The minimum Gasteiger partial charge on any atom is -0.490 e. The second kappa shape index (κ2) is 5.28. The van der Waals surface area contributed by atoms with Crippen molar-refractivity contribution in [2.45, 2.75) is 39.2 Å². The highest BCUT2D eigenvalue weighted by Crippen LogP contribution is 2.45. The van der Waals surface area contributed by atoms with Crippen LogP contribution in [0.15, 0.2) is 6.07 Å². The Labute approximate surface area is 128 Å². The predicted octanol–water partition coefficient (Wildman–Crippen LogP) is 3.04. The second-order valence-electron chi connectivity index (χ2n) is 5.91. The molecule has 0 radical (unpaired) electrons. The third kappa shape index (κ3) is 1.90. The lowest BCUT2D eigenvalue weighted by molar-refractivity contribution is -0.384. The quantitative estimate of drug-likeness (QED) is 0.698. The fourth-order valence-electron chi connectivity index (χ4n) is 3.82. The third-order valence-corrected chi connectivity index (χ3v) is 4.69. The minimum absolute atomic E-state index is 0.0357. The number of rotatable bonds is 3. The van der Waals surface area contributed by atoms with Crippen LogP contribution in [-0.4, -0.2) is 28.3 Å². The van der Waals surface area contributed by atoms with Gasteiger partial charge in [-0.05, 0) is 38.3 Å². The standard InChI is InChI=1S/C16H20N2O4/c1-9-7-12-13(15(18(20)21)16(9)22-3)10(2)14-11(8-19)5-4-6-17(12)14/h7,11,19H,4-6,8H2,1-3H3. The lowest BCUT2D eigenvalue weighted by Crippen LogP contribution is -2.18. The largest absolute Gasteiger partial charge is 0.490 e. The van der Waals surface area contributed by atoms with Crippen LogP contribution in [0.25, 0.3) is 10.9 Å². The van der Waals surface area contributed by atoms with E-state index in [1.54, 1.807) is 0 Å². The summed E-state index contributed by atoms with van der Waals surface area (Å²) in [5.74, 6) is 0.371. The Morgan fingerprint density at radius 2 is 2.23 bits per heavy atom. The van der Waals surface area contributed by atoms with Gasteiger partial charge in [0.15, 0.2) is 0 Å². The van der Waals surface area contributed by atoms with Crippen molar-refractivity contribution in [1.82, 2.24) is 4.57 Å². The Kier molecular flexibility index (Phi) is 3.56. The first-order valence-electron chi connectivity index (χ1n) is 7.46. The molecule has 0 amide bonds. The maximum absolute atomic E-state index is 11.6. The third-order valence-electron chi connectivity index (χ3n) is 4.69. The number of fused-ring (bicyclic) bond motifs is 3. The van der Waals surface area contributed by atoms with Crippen LogP contribution in [0.1, 0.15) is 35.6 Å². The number of nitro benzene ring substituents is 1. The zero-order valence-electron chi connectivity index (χ0n) is 13.0. The highest BCUT2D eigenvalue weighted by atomic mass is 16.6. The predicted molar refractivity (Wildman–Crippen MR) is 83.7 cm³/mol. The van der Waals surface area contributed by atoms with E-state index >= 15 is 0 Å². The van der Waals surface area contributed by atoms with Gasteiger partial charge >= 0.3 is 5.69 Å². The Morgan fingerprint density at radius 3 is 2.82 bits per heavy atom. The van der Waals surface area contributed by atoms with Gasteiger partial charge in [0.05, 0.1) is 29.5 Å². The molecule has 0 aliphatic carbocycles. The van der Waals surface area contributed by atoms with Gasteiger partial charge in [0.25, 0.3) is 0 Å². The average Bonchev–Trinajstić information content (AvgIpc) is 2.78.